The second kappa shape index (κ2) is 6.78. The van der Waals surface area contributed by atoms with E-state index in [0.717, 1.165) is 34.5 Å². The van der Waals surface area contributed by atoms with Crippen molar-refractivity contribution >= 4 is 6.08 Å². The maximum atomic E-state index is 13.2. The van der Waals surface area contributed by atoms with E-state index >= 15 is 0 Å². The van der Waals surface area contributed by atoms with E-state index in [0.29, 0.717) is 6.42 Å². The molecule has 1 aliphatic carbocycles. The van der Waals surface area contributed by atoms with Gasteiger partial charge in [0, 0.05) is 5.41 Å². The Balaban J connectivity index is 1.64. The molecule has 0 radical (unpaired) electrons. The van der Waals surface area contributed by atoms with E-state index in [1.165, 1.54) is 12.1 Å². The van der Waals surface area contributed by atoms with E-state index < -0.39 is 6.10 Å². The summed E-state index contributed by atoms with van der Waals surface area (Å²) in [4.78, 5) is 0. The first-order chi connectivity index (χ1) is 13.0. The molecule has 1 unspecified atom stereocenters. The van der Waals surface area contributed by atoms with Gasteiger partial charge in [-0.2, -0.15) is 5.10 Å². The zero-order valence-electron chi connectivity index (χ0n) is 15.6. The van der Waals surface area contributed by atoms with Crippen LogP contribution in [0.2, 0.25) is 0 Å². The number of nitrogens with zero attached hydrogens (tertiary/aromatic N) is 2. The Kier molecular flexibility index (Phi) is 4.44. The molecule has 4 rings (SSSR count). The summed E-state index contributed by atoms with van der Waals surface area (Å²) in [6, 6.07) is 16.4. The van der Waals surface area contributed by atoms with Gasteiger partial charge in [-0.3, -0.25) is 0 Å². The van der Waals surface area contributed by atoms with E-state index in [9.17, 15) is 9.50 Å². The van der Waals surface area contributed by atoms with Crippen LogP contribution in [-0.2, 0) is 12.8 Å². The van der Waals surface area contributed by atoms with Crippen LogP contribution in [-0.4, -0.2) is 21.0 Å². The number of rotatable bonds is 4. The molecule has 3 aromatic rings. The third kappa shape index (κ3) is 3.21. The van der Waals surface area contributed by atoms with Crippen LogP contribution in [0.15, 0.2) is 66.4 Å². The molecule has 3 nitrogen and oxygen atoms in total. The fraction of sp³-hybridized carbons (Fsp3) is 0.261. The third-order valence-electron chi connectivity index (χ3n) is 5.78. The van der Waals surface area contributed by atoms with E-state index in [-0.39, 0.29) is 11.2 Å². The zero-order valence-corrected chi connectivity index (χ0v) is 15.6. The molecule has 2 atom stereocenters. The fourth-order valence-electron chi connectivity index (χ4n) is 3.82. The van der Waals surface area contributed by atoms with Crippen molar-refractivity contribution in [2.24, 2.45) is 5.41 Å². The Labute approximate surface area is 158 Å². The van der Waals surface area contributed by atoms with Gasteiger partial charge in [-0.1, -0.05) is 42.8 Å². The average Bonchev–Trinajstić information content (AvgIpc) is 3.06. The second-order valence-corrected chi connectivity index (χ2v) is 7.57. The molecule has 0 spiro atoms. The van der Waals surface area contributed by atoms with Gasteiger partial charge in [-0.15, -0.1) is 0 Å². The summed E-state index contributed by atoms with van der Waals surface area (Å²) >= 11 is 0. The van der Waals surface area contributed by atoms with Gasteiger partial charge in [-0.05, 0) is 61.2 Å². The highest BCUT2D eigenvalue weighted by Gasteiger charge is 2.39. The quantitative estimate of drug-likeness (QED) is 0.738. The molecule has 0 bridgehead atoms. The molecular weight excluding hydrogens is 339 g/mol. The average molecular weight is 362 g/mol. The second-order valence-electron chi connectivity index (χ2n) is 7.57. The molecule has 138 valence electrons. The van der Waals surface area contributed by atoms with Crippen molar-refractivity contribution in [1.82, 2.24) is 9.78 Å². The fourth-order valence-corrected chi connectivity index (χ4v) is 3.82. The number of aliphatic hydroxyl groups excluding tert-OH is 1. The highest BCUT2D eigenvalue weighted by Crippen LogP contribution is 2.42. The summed E-state index contributed by atoms with van der Waals surface area (Å²) in [7, 11) is 0. The Morgan fingerprint density at radius 2 is 1.85 bits per heavy atom. The molecular formula is C23H23FN2O. The molecule has 27 heavy (non-hydrogen) atoms. The lowest BCUT2D eigenvalue weighted by Gasteiger charge is -2.38. The summed E-state index contributed by atoms with van der Waals surface area (Å²) in [6.07, 6.45) is 4.81. The molecule has 1 aliphatic rings. The lowest BCUT2D eigenvalue weighted by Crippen LogP contribution is -2.38. The topological polar surface area (TPSA) is 38.0 Å². The van der Waals surface area contributed by atoms with Crippen LogP contribution in [0.1, 0.15) is 30.7 Å². The minimum absolute atomic E-state index is 0.261. The summed E-state index contributed by atoms with van der Waals surface area (Å²) < 4.78 is 15.1. The predicted molar refractivity (Wildman–Crippen MR) is 105 cm³/mol. The molecule has 0 fully saturated rings. The van der Waals surface area contributed by atoms with Crippen LogP contribution in [0.4, 0.5) is 4.39 Å². The van der Waals surface area contributed by atoms with E-state index in [4.69, 9.17) is 0 Å². The summed E-state index contributed by atoms with van der Waals surface area (Å²) in [5, 5.41) is 15.5. The number of halogens is 1. The van der Waals surface area contributed by atoms with Crippen molar-refractivity contribution in [3.05, 3.63) is 89.0 Å². The van der Waals surface area contributed by atoms with Crippen molar-refractivity contribution in [3.8, 4) is 5.69 Å². The van der Waals surface area contributed by atoms with Crippen LogP contribution in [0.5, 0.6) is 0 Å². The molecule has 0 amide bonds. The van der Waals surface area contributed by atoms with Gasteiger partial charge >= 0.3 is 0 Å². The highest BCUT2D eigenvalue weighted by atomic mass is 19.1. The molecule has 1 heterocycles. The van der Waals surface area contributed by atoms with Crippen LogP contribution >= 0.6 is 0 Å². The van der Waals surface area contributed by atoms with Gasteiger partial charge < -0.3 is 5.11 Å². The number of fused-ring (bicyclic) bond motifs is 1. The maximum absolute atomic E-state index is 13.2. The smallest absolute Gasteiger partial charge is 0.123 e. The molecule has 4 heteroatoms. The van der Waals surface area contributed by atoms with E-state index in [1.807, 2.05) is 41.2 Å². The van der Waals surface area contributed by atoms with Gasteiger partial charge in [0.05, 0.1) is 23.7 Å². The molecule has 0 aliphatic heterocycles. The van der Waals surface area contributed by atoms with E-state index in [1.54, 1.807) is 12.1 Å². The lowest BCUT2D eigenvalue weighted by molar-refractivity contribution is 0.0624. The predicted octanol–water partition coefficient (Wildman–Crippen LogP) is 4.58. The zero-order chi connectivity index (χ0) is 19.0. The minimum Gasteiger partial charge on any atom is -0.392 e. The molecule has 0 saturated carbocycles. The molecule has 0 saturated heterocycles. The molecule has 1 aromatic heterocycles. The van der Waals surface area contributed by atoms with Crippen molar-refractivity contribution in [2.45, 2.75) is 32.8 Å². The van der Waals surface area contributed by atoms with Crippen LogP contribution in [0, 0.1) is 11.2 Å². The Morgan fingerprint density at radius 3 is 2.56 bits per heavy atom. The number of benzene rings is 2. The van der Waals surface area contributed by atoms with Crippen molar-refractivity contribution in [1.29, 1.82) is 0 Å². The van der Waals surface area contributed by atoms with Gasteiger partial charge in [0.2, 0.25) is 0 Å². The SMILES string of the molecule is CC1=Cc2c(cnn2-c2ccc(F)cc2)CC1(C)[C@@H](O)Cc1ccccc1. The number of aliphatic hydroxyl groups is 1. The third-order valence-corrected chi connectivity index (χ3v) is 5.78. The highest BCUT2D eigenvalue weighted by molar-refractivity contribution is 5.60. The molecule has 1 N–H and O–H groups in total. The number of hydrogen-bond donors (Lipinski definition) is 1. The van der Waals surface area contributed by atoms with Crippen molar-refractivity contribution < 1.29 is 9.50 Å². The Bertz CT molecular complexity index is 975. The first-order valence-corrected chi connectivity index (χ1v) is 9.21. The summed E-state index contributed by atoms with van der Waals surface area (Å²) in [5.74, 6) is -0.261. The summed E-state index contributed by atoms with van der Waals surface area (Å²) in [5.41, 5.74) is 4.84. The van der Waals surface area contributed by atoms with E-state index in [2.05, 4.69) is 25.0 Å². The van der Waals surface area contributed by atoms with Crippen molar-refractivity contribution in [2.75, 3.05) is 0 Å². The summed E-state index contributed by atoms with van der Waals surface area (Å²) in [6.45, 7) is 4.18. The lowest BCUT2D eigenvalue weighted by atomic mass is 9.69. The minimum atomic E-state index is -0.488. The van der Waals surface area contributed by atoms with Crippen LogP contribution in [0.3, 0.4) is 0 Å². The number of hydrogen-bond acceptors (Lipinski definition) is 2. The first-order valence-electron chi connectivity index (χ1n) is 9.21. The van der Waals surface area contributed by atoms with Gasteiger partial charge in [-0.25, -0.2) is 9.07 Å². The number of aromatic nitrogens is 2. The first kappa shape index (κ1) is 17.7. The van der Waals surface area contributed by atoms with Crippen LogP contribution in [0.25, 0.3) is 11.8 Å². The van der Waals surface area contributed by atoms with Crippen molar-refractivity contribution in [3.63, 3.8) is 0 Å². The standard InChI is InChI=1S/C23H23FN2O/c1-16-12-21-18(15-25-26(21)20-10-8-19(24)9-11-20)14-23(16,2)22(27)13-17-6-4-3-5-7-17/h3-12,15,22,27H,13-14H2,1-2H3/t22-,23?/m0/s1. The normalized spacial score (nSPS) is 20.1. The van der Waals surface area contributed by atoms with Gasteiger partial charge in [0.1, 0.15) is 5.82 Å². The molecule has 2 aromatic carbocycles. The van der Waals surface area contributed by atoms with Gasteiger partial charge in [0.25, 0.3) is 0 Å². The maximum Gasteiger partial charge on any atom is 0.123 e. The Morgan fingerprint density at radius 1 is 1.15 bits per heavy atom. The van der Waals surface area contributed by atoms with Crippen LogP contribution < -0.4 is 0 Å². The largest absolute Gasteiger partial charge is 0.392 e. The monoisotopic (exact) mass is 362 g/mol. The van der Waals surface area contributed by atoms with Gasteiger partial charge in [0.15, 0.2) is 0 Å². The Hall–Kier alpha value is -2.72.